The molecule has 1 aromatic carbocycles. The van der Waals surface area contributed by atoms with Crippen molar-refractivity contribution in [3.05, 3.63) is 35.6 Å². The fourth-order valence-electron chi connectivity index (χ4n) is 2.32. The average molecular weight is 329 g/mol. The molecule has 8 heteroatoms. The molecule has 1 aliphatic heterocycles. The highest BCUT2D eigenvalue weighted by Crippen LogP contribution is 2.15. The van der Waals surface area contributed by atoms with E-state index in [0.29, 0.717) is 31.5 Å². The van der Waals surface area contributed by atoms with Gasteiger partial charge in [-0.15, -0.1) is 0 Å². The minimum atomic E-state index is -3.46. The van der Waals surface area contributed by atoms with Crippen molar-refractivity contribution in [2.24, 2.45) is 0 Å². The number of likely N-dealkylation sites (tertiary alicyclic amines) is 1. The van der Waals surface area contributed by atoms with Crippen LogP contribution in [-0.2, 0) is 10.2 Å². The normalized spacial score (nSPS) is 17.0. The van der Waals surface area contributed by atoms with Crippen molar-refractivity contribution in [2.75, 3.05) is 27.2 Å². The van der Waals surface area contributed by atoms with Gasteiger partial charge in [0.25, 0.3) is 16.1 Å². The summed E-state index contributed by atoms with van der Waals surface area (Å²) in [6.07, 6.45) is 1.07. The first-order chi connectivity index (χ1) is 10.3. The Balaban J connectivity index is 1.94. The molecule has 0 unspecified atom stereocenters. The maximum Gasteiger partial charge on any atom is 0.279 e. The molecule has 0 radical (unpaired) electrons. The zero-order valence-electron chi connectivity index (χ0n) is 12.6. The first-order valence-corrected chi connectivity index (χ1v) is 8.48. The van der Waals surface area contributed by atoms with E-state index in [0.717, 1.165) is 4.31 Å². The van der Waals surface area contributed by atoms with Gasteiger partial charge in [0.05, 0.1) is 0 Å². The van der Waals surface area contributed by atoms with Crippen LogP contribution in [0.15, 0.2) is 24.3 Å². The Hall–Kier alpha value is -1.51. The maximum atomic E-state index is 13.2. The van der Waals surface area contributed by atoms with Crippen LogP contribution in [-0.4, -0.2) is 56.8 Å². The Morgan fingerprint density at radius 2 is 1.95 bits per heavy atom. The maximum absolute atomic E-state index is 13.2. The molecule has 1 heterocycles. The highest BCUT2D eigenvalue weighted by atomic mass is 32.2. The molecule has 1 aromatic rings. The third-order valence-corrected chi connectivity index (χ3v) is 5.24. The van der Waals surface area contributed by atoms with Crippen LogP contribution in [0.25, 0.3) is 0 Å². The van der Waals surface area contributed by atoms with E-state index >= 15 is 0 Å². The Morgan fingerprint density at radius 1 is 1.32 bits per heavy atom. The first-order valence-electron chi connectivity index (χ1n) is 7.04. The number of nitrogens with zero attached hydrogens (tertiary/aromatic N) is 2. The van der Waals surface area contributed by atoms with Crippen molar-refractivity contribution in [3.8, 4) is 0 Å². The molecule has 0 atom stereocenters. The molecule has 22 heavy (non-hydrogen) atoms. The standard InChI is InChI=1S/C14H20FN3O3S/c1-17(2)22(20,21)16-13-6-8-18(9-7-13)14(19)11-4-3-5-12(15)10-11/h3-5,10,13,16H,6-9H2,1-2H3. The van der Waals surface area contributed by atoms with Gasteiger partial charge in [-0.3, -0.25) is 4.79 Å². The summed E-state index contributed by atoms with van der Waals surface area (Å²) in [5.41, 5.74) is 0.312. The van der Waals surface area contributed by atoms with Crippen molar-refractivity contribution in [2.45, 2.75) is 18.9 Å². The number of nitrogens with one attached hydrogen (secondary N) is 1. The van der Waals surface area contributed by atoms with Crippen LogP contribution >= 0.6 is 0 Å². The van der Waals surface area contributed by atoms with Crippen molar-refractivity contribution < 1.29 is 17.6 Å². The van der Waals surface area contributed by atoms with Gasteiger partial charge in [0.1, 0.15) is 5.82 Å². The van der Waals surface area contributed by atoms with E-state index in [9.17, 15) is 17.6 Å². The number of hydrogen-bond acceptors (Lipinski definition) is 3. The first kappa shape index (κ1) is 16.9. The van der Waals surface area contributed by atoms with Crippen molar-refractivity contribution in [1.82, 2.24) is 13.9 Å². The fourth-order valence-corrected chi connectivity index (χ4v) is 3.19. The smallest absolute Gasteiger partial charge is 0.279 e. The quantitative estimate of drug-likeness (QED) is 0.889. The minimum absolute atomic E-state index is 0.191. The lowest BCUT2D eigenvalue weighted by Gasteiger charge is -2.32. The van der Waals surface area contributed by atoms with Crippen molar-refractivity contribution in [1.29, 1.82) is 0 Å². The molecule has 1 aliphatic rings. The van der Waals surface area contributed by atoms with E-state index in [4.69, 9.17) is 0 Å². The molecule has 1 fully saturated rings. The van der Waals surface area contributed by atoms with Crippen LogP contribution < -0.4 is 4.72 Å². The highest BCUT2D eigenvalue weighted by Gasteiger charge is 2.27. The van der Waals surface area contributed by atoms with Gasteiger partial charge in [-0.1, -0.05) is 6.07 Å². The molecular weight excluding hydrogens is 309 g/mol. The Bertz CT molecular complexity index is 640. The lowest BCUT2D eigenvalue weighted by Crippen LogP contribution is -2.49. The molecule has 0 spiro atoms. The van der Waals surface area contributed by atoms with Crippen LogP contribution in [0.5, 0.6) is 0 Å². The summed E-state index contributed by atoms with van der Waals surface area (Å²) in [6, 6.07) is 5.39. The van der Waals surface area contributed by atoms with E-state index in [1.165, 1.54) is 32.3 Å². The van der Waals surface area contributed by atoms with Crippen molar-refractivity contribution >= 4 is 16.1 Å². The molecule has 0 bridgehead atoms. The molecule has 122 valence electrons. The zero-order chi connectivity index (χ0) is 16.3. The second-order valence-electron chi connectivity index (χ2n) is 5.48. The number of amides is 1. The number of hydrogen-bond donors (Lipinski definition) is 1. The van der Waals surface area contributed by atoms with E-state index in [2.05, 4.69) is 4.72 Å². The molecular formula is C14H20FN3O3S. The minimum Gasteiger partial charge on any atom is -0.339 e. The SMILES string of the molecule is CN(C)S(=O)(=O)NC1CCN(C(=O)c2cccc(F)c2)CC1. The van der Waals surface area contributed by atoms with Gasteiger partial charge < -0.3 is 4.90 Å². The number of benzene rings is 1. The topological polar surface area (TPSA) is 69.7 Å². The summed E-state index contributed by atoms with van der Waals surface area (Å²) in [4.78, 5) is 13.9. The van der Waals surface area contributed by atoms with Crippen LogP contribution in [0, 0.1) is 5.82 Å². The second-order valence-corrected chi connectivity index (χ2v) is 7.40. The number of rotatable bonds is 4. The molecule has 0 aliphatic carbocycles. The lowest BCUT2D eigenvalue weighted by molar-refractivity contribution is 0.0710. The predicted molar refractivity (Wildman–Crippen MR) is 81.1 cm³/mol. The number of carbonyl (C=O) groups excluding carboxylic acids is 1. The summed E-state index contributed by atoms with van der Waals surface area (Å²) in [5, 5.41) is 0. The summed E-state index contributed by atoms with van der Waals surface area (Å²) in [7, 11) is -0.537. The van der Waals surface area contributed by atoms with Crippen LogP contribution in [0.1, 0.15) is 23.2 Å². The third-order valence-electron chi connectivity index (χ3n) is 3.65. The van der Waals surface area contributed by atoms with Crippen LogP contribution in [0.3, 0.4) is 0 Å². The Labute approximate surface area is 130 Å². The predicted octanol–water partition coefficient (Wildman–Crippen LogP) is 0.826. The van der Waals surface area contributed by atoms with Crippen molar-refractivity contribution in [3.63, 3.8) is 0 Å². The number of carbonyl (C=O) groups is 1. The van der Waals surface area contributed by atoms with E-state index in [1.54, 1.807) is 11.0 Å². The Morgan fingerprint density at radius 3 is 2.50 bits per heavy atom. The van der Waals surface area contributed by atoms with Gasteiger partial charge in [-0.2, -0.15) is 17.4 Å². The van der Waals surface area contributed by atoms with Gasteiger partial charge in [0.15, 0.2) is 0 Å². The molecule has 1 amide bonds. The molecule has 1 N–H and O–H groups in total. The van der Waals surface area contributed by atoms with E-state index < -0.39 is 16.0 Å². The molecule has 0 saturated carbocycles. The lowest BCUT2D eigenvalue weighted by atomic mass is 10.0. The molecule has 1 saturated heterocycles. The summed E-state index contributed by atoms with van der Waals surface area (Å²) in [6.45, 7) is 0.881. The largest absolute Gasteiger partial charge is 0.339 e. The van der Waals surface area contributed by atoms with Gasteiger partial charge in [0.2, 0.25) is 0 Å². The Kier molecular flexibility index (Phi) is 5.15. The number of halogens is 1. The molecule has 6 nitrogen and oxygen atoms in total. The summed E-state index contributed by atoms with van der Waals surface area (Å²) in [5.74, 6) is -0.673. The van der Waals surface area contributed by atoms with Crippen LogP contribution in [0.4, 0.5) is 4.39 Å². The number of piperidine rings is 1. The summed E-state index contributed by atoms with van der Waals surface area (Å²) >= 11 is 0. The van der Waals surface area contributed by atoms with Gasteiger partial charge in [-0.25, -0.2) is 4.39 Å². The fraction of sp³-hybridized carbons (Fsp3) is 0.500. The van der Waals surface area contributed by atoms with Gasteiger partial charge in [-0.05, 0) is 31.0 Å². The second kappa shape index (κ2) is 6.72. The zero-order valence-corrected chi connectivity index (χ0v) is 13.4. The highest BCUT2D eigenvalue weighted by molar-refractivity contribution is 7.87. The summed E-state index contributed by atoms with van der Waals surface area (Å²) < 4.78 is 40.4. The van der Waals surface area contributed by atoms with Gasteiger partial charge >= 0.3 is 0 Å². The average Bonchev–Trinajstić information content (AvgIpc) is 2.47. The van der Waals surface area contributed by atoms with E-state index in [1.807, 2.05) is 0 Å². The third kappa shape index (κ3) is 4.02. The van der Waals surface area contributed by atoms with Gasteiger partial charge in [0, 0.05) is 38.8 Å². The van der Waals surface area contributed by atoms with Crippen LogP contribution in [0.2, 0.25) is 0 Å². The molecule has 0 aromatic heterocycles. The molecule has 2 rings (SSSR count). The monoisotopic (exact) mass is 329 g/mol. The van der Waals surface area contributed by atoms with E-state index in [-0.39, 0.29) is 11.9 Å².